The lowest BCUT2D eigenvalue weighted by Gasteiger charge is -1.99. The number of aromatic hydroxyl groups is 1. The summed E-state index contributed by atoms with van der Waals surface area (Å²) in [6.07, 6.45) is 2.86. The number of ether oxygens (including phenoxy) is 1. The second-order valence-electron chi connectivity index (χ2n) is 3.62. The van der Waals surface area contributed by atoms with Crippen molar-refractivity contribution in [2.24, 2.45) is 0 Å². The van der Waals surface area contributed by atoms with Gasteiger partial charge in [0.25, 0.3) is 0 Å². The molecule has 0 radical (unpaired) electrons. The van der Waals surface area contributed by atoms with Crippen molar-refractivity contribution in [3.63, 3.8) is 0 Å². The summed E-state index contributed by atoms with van der Waals surface area (Å²) in [5.41, 5.74) is 1.93. The number of hydrogen-bond donors (Lipinski definition) is 2. The molecule has 16 heavy (non-hydrogen) atoms. The van der Waals surface area contributed by atoms with E-state index in [9.17, 15) is 9.90 Å². The Morgan fingerprint density at radius 2 is 2.31 bits per heavy atom. The molecule has 0 bridgehead atoms. The SMILES string of the molecule is COC(=O)CCc1c[nH]c2cc(O)ccc12. The van der Waals surface area contributed by atoms with Crippen molar-refractivity contribution < 1.29 is 14.6 Å². The summed E-state index contributed by atoms with van der Waals surface area (Å²) in [6.45, 7) is 0. The summed E-state index contributed by atoms with van der Waals surface area (Å²) in [4.78, 5) is 14.1. The monoisotopic (exact) mass is 219 g/mol. The molecule has 84 valence electrons. The van der Waals surface area contributed by atoms with Gasteiger partial charge in [-0.3, -0.25) is 4.79 Å². The Kier molecular flexibility index (Phi) is 2.81. The molecule has 0 atom stereocenters. The molecule has 0 aliphatic carbocycles. The molecule has 2 rings (SSSR count). The third-order valence-electron chi connectivity index (χ3n) is 2.58. The van der Waals surface area contributed by atoms with Crippen LogP contribution in [0.2, 0.25) is 0 Å². The number of hydrogen-bond acceptors (Lipinski definition) is 3. The number of esters is 1. The van der Waals surface area contributed by atoms with Crippen LogP contribution in [0.25, 0.3) is 10.9 Å². The van der Waals surface area contributed by atoms with Crippen LogP contribution in [0.4, 0.5) is 0 Å². The standard InChI is InChI=1S/C12H13NO3/c1-16-12(15)5-2-8-7-13-11-6-9(14)3-4-10(8)11/h3-4,6-7,13-14H,2,5H2,1H3. The van der Waals surface area contributed by atoms with Gasteiger partial charge in [0.1, 0.15) is 5.75 Å². The molecular weight excluding hydrogens is 206 g/mol. The third kappa shape index (κ3) is 2.00. The smallest absolute Gasteiger partial charge is 0.305 e. The first-order chi connectivity index (χ1) is 7.70. The number of methoxy groups -OCH3 is 1. The molecule has 1 aromatic heterocycles. The van der Waals surface area contributed by atoms with Crippen LogP contribution in [0.5, 0.6) is 5.75 Å². The topological polar surface area (TPSA) is 62.3 Å². The third-order valence-corrected chi connectivity index (χ3v) is 2.58. The number of benzene rings is 1. The fraction of sp³-hybridized carbons (Fsp3) is 0.250. The molecule has 4 nitrogen and oxygen atoms in total. The maximum atomic E-state index is 11.0. The highest BCUT2D eigenvalue weighted by molar-refractivity contribution is 5.84. The van der Waals surface area contributed by atoms with Crippen LogP contribution in [0, 0.1) is 0 Å². The number of carbonyl (C=O) groups excluding carboxylic acids is 1. The van der Waals surface area contributed by atoms with E-state index >= 15 is 0 Å². The predicted octanol–water partition coefficient (Wildman–Crippen LogP) is 1.98. The average molecular weight is 219 g/mol. The Labute approximate surface area is 92.9 Å². The second kappa shape index (κ2) is 4.26. The summed E-state index contributed by atoms with van der Waals surface area (Å²) < 4.78 is 4.59. The molecule has 0 saturated heterocycles. The van der Waals surface area contributed by atoms with Gasteiger partial charge in [0, 0.05) is 29.6 Å². The van der Waals surface area contributed by atoms with Crippen LogP contribution in [-0.4, -0.2) is 23.2 Å². The number of fused-ring (bicyclic) bond motifs is 1. The highest BCUT2D eigenvalue weighted by Gasteiger charge is 2.07. The van der Waals surface area contributed by atoms with Crippen LogP contribution in [0.3, 0.4) is 0 Å². The minimum atomic E-state index is -0.215. The van der Waals surface area contributed by atoms with Crippen LogP contribution < -0.4 is 0 Å². The minimum Gasteiger partial charge on any atom is -0.508 e. The first kappa shape index (κ1) is 10.5. The van der Waals surface area contributed by atoms with Gasteiger partial charge < -0.3 is 14.8 Å². The number of aromatic nitrogens is 1. The summed E-state index contributed by atoms with van der Waals surface area (Å²) in [5.74, 6) is 0.0157. The molecule has 0 spiro atoms. The Balaban J connectivity index is 2.22. The van der Waals surface area contributed by atoms with E-state index in [4.69, 9.17) is 0 Å². The Morgan fingerprint density at radius 1 is 1.50 bits per heavy atom. The first-order valence-electron chi connectivity index (χ1n) is 5.06. The Morgan fingerprint density at radius 3 is 3.06 bits per heavy atom. The van der Waals surface area contributed by atoms with E-state index in [1.165, 1.54) is 7.11 Å². The number of rotatable bonds is 3. The molecule has 0 unspecified atom stereocenters. The Hall–Kier alpha value is -1.97. The summed E-state index contributed by atoms with van der Waals surface area (Å²) in [6, 6.07) is 5.14. The molecule has 0 amide bonds. The largest absolute Gasteiger partial charge is 0.508 e. The van der Waals surface area contributed by atoms with Gasteiger partial charge in [-0.15, -0.1) is 0 Å². The van der Waals surface area contributed by atoms with E-state index in [-0.39, 0.29) is 11.7 Å². The Bertz CT molecular complexity index is 516. The molecule has 0 aliphatic rings. The lowest BCUT2D eigenvalue weighted by atomic mass is 10.1. The fourth-order valence-electron chi connectivity index (χ4n) is 1.72. The van der Waals surface area contributed by atoms with Gasteiger partial charge in [0.15, 0.2) is 0 Å². The fourth-order valence-corrected chi connectivity index (χ4v) is 1.72. The first-order valence-corrected chi connectivity index (χ1v) is 5.06. The number of H-pyrrole nitrogens is 1. The van der Waals surface area contributed by atoms with Crippen LogP contribution in [0.1, 0.15) is 12.0 Å². The van der Waals surface area contributed by atoms with E-state index < -0.39 is 0 Å². The van der Waals surface area contributed by atoms with Gasteiger partial charge in [-0.1, -0.05) is 0 Å². The van der Waals surface area contributed by atoms with Crippen LogP contribution >= 0.6 is 0 Å². The zero-order chi connectivity index (χ0) is 11.5. The quantitative estimate of drug-likeness (QED) is 0.776. The highest BCUT2D eigenvalue weighted by Crippen LogP contribution is 2.23. The van der Waals surface area contributed by atoms with E-state index in [2.05, 4.69) is 9.72 Å². The normalized spacial score (nSPS) is 10.6. The van der Waals surface area contributed by atoms with E-state index in [1.807, 2.05) is 12.3 Å². The van der Waals surface area contributed by atoms with Crippen molar-refractivity contribution in [3.8, 4) is 5.75 Å². The summed E-state index contributed by atoms with van der Waals surface area (Å²) in [7, 11) is 1.38. The van der Waals surface area contributed by atoms with Crippen LogP contribution in [0.15, 0.2) is 24.4 Å². The molecule has 2 aromatic rings. The molecule has 1 heterocycles. The van der Waals surface area contributed by atoms with Crippen molar-refractivity contribution in [1.29, 1.82) is 0 Å². The number of carbonyl (C=O) groups is 1. The number of nitrogens with one attached hydrogen (secondary N) is 1. The van der Waals surface area contributed by atoms with Crippen molar-refractivity contribution in [1.82, 2.24) is 4.98 Å². The lowest BCUT2D eigenvalue weighted by Crippen LogP contribution is -2.01. The average Bonchev–Trinajstić information content (AvgIpc) is 2.68. The number of aromatic amines is 1. The van der Waals surface area contributed by atoms with Gasteiger partial charge >= 0.3 is 5.97 Å². The van der Waals surface area contributed by atoms with E-state index in [1.54, 1.807) is 12.1 Å². The van der Waals surface area contributed by atoms with Gasteiger partial charge in [-0.05, 0) is 24.1 Å². The van der Waals surface area contributed by atoms with Gasteiger partial charge in [-0.25, -0.2) is 0 Å². The van der Waals surface area contributed by atoms with Gasteiger partial charge in [0.05, 0.1) is 7.11 Å². The number of aryl methyl sites for hydroxylation is 1. The van der Waals surface area contributed by atoms with E-state index in [0.29, 0.717) is 12.8 Å². The molecule has 2 N–H and O–H groups in total. The maximum absolute atomic E-state index is 11.0. The van der Waals surface area contributed by atoms with Gasteiger partial charge in [0.2, 0.25) is 0 Å². The second-order valence-corrected chi connectivity index (χ2v) is 3.62. The van der Waals surface area contributed by atoms with Crippen molar-refractivity contribution in [2.45, 2.75) is 12.8 Å². The number of phenols is 1. The van der Waals surface area contributed by atoms with Gasteiger partial charge in [-0.2, -0.15) is 0 Å². The molecule has 0 fully saturated rings. The summed E-state index contributed by atoms with van der Waals surface area (Å²) in [5, 5.41) is 10.3. The molecule has 4 heteroatoms. The minimum absolute atomic E-state index is 0.215. The highest BCUT2D eigenvalue weighted by atomic mass is 16.5. The lowest BCUT2D eigenvalue weighted by molar-refractivity contribution is -0.140. The molecule has 0 aliphatic heterocycles. The van der Waals surface area contributed by atoms with Crippen molar-refractivity contribution in [2.75, 3.05) is 7.11 Å². The van der Waals surface area contributed by atoms with Crippen LogP contribution in [-0.2, 0) is 16.0 Å². The van der Waals surface area contributed by atoms with Crippen molar-refractivity contribution >= 4 is 16.9 Å². The zero-order valence-electron chi connectivity index (χ0n) is 8.99. The zero-order valence-corrected chi connectivity index (χ0v) is 8.99. The predicted molar refractivity (Wildman–Crippen MR) is 60.3 cm³/mol. The number of phenolic OH excluding ortho intramolecular Hbond substituents is 1. The maximum Gasteiger partial charge on any atom is 0.305 e. The van der Waals surface area contributed by atoms with E-state index in [0.717, 1.165) is 16.5 Å². The summed E-state index contributed by atoms with van der Waals surface area (Å²) >= 11 is 0. The molecular formula is C12H13NO3. The van der Waals surface area contributed by atoms with Crippen molar-refractivity contribution in [3.05, 3.63) is 30.0 Å². The molecule has 1 aromatic carbocycles. The molecule has 0 saturated carbocycles.